The first-order valence-corrected chi connectivity index (χ1v) is 5.68. The smallest absolute Gasteiger partial charge is 0.362 e. The van der Waals surface area contributed by atoms with E-state index in [1.807, 2.05) is 0 Å². The van der Waals surface area contributed by atoms with Crippen LogP contribution in [0.5, 0.6) is 17.4 Å². The summed E-state index contributed by atoms with van der Waals surface area (Å²) in [5.41, 5.74) is 0.574. The zero-order chi connectivity index (χ0) is 13.8. The number of aromatic nitrogens is 3. The first-order valence-electron chi connectivity index (χ1n) is 5.68. The number of carbonyl (C=O) groups excluding carboxylic acids is 1. The highest BCUT2D eigenvalue weighted by atomic mass is 16.5. The minimum Gasteiger partial charge on any atom is -0.508 e. The Bertz CT molecular complexity index is 594. The highest BCUT2D eigenvalue weighted by molar-refractivity contribution is 5.89. The first-order chi connectivity index (χ1) is 9.13. The third kappa shape index (κ3) is 2.65. The van der Waals surface area contributed by atoms with Gasteiger partial charge in [0.1, 0.15) is 11.5 Å². The summed E-state index contributed by atoms with van der Waals surface area (Å²) in [4.78, 5) is 11.6. The van der Waals surface area contributed by atoms with Crippen LogP contribution in [0.3, 0.4) is 0 Å². The van der Waals surface area contributed by atoms with Crippen LogP contribution in [-0.4, -0.2) is 33.1 Å². The van der Waals surface area contributed by atoms with E-state index in [1.54, 1.807) is 26.0 Å². The van der Waals surface area contributed by atoms with Crippen molar-refractivity contribution >= 4 is 5.97 Å². The van der Waals surface area contributed by atoms with Gasteiger partial charge < -0.3 is 14.6 Å². The minimum atomic E-state index is -0.597. The normalized spacial score (nSPS) is 10.2. The molecular formula is C12H13N3O4. The third-order valence-electron chi connectivity index (χ3n) is 2.46. The van der Waals surface area contributed by atoms with Gasteiger partial charge in [-0.3, -0.25) is 0 Å². The Kier molecular flexibility index (Phi) is 3.65. The number of benzene rings is 1. The lowest BCUT2D eigenvalue weighted by Crippen LogP contribution is -2.06. The zero-order valence-corrected chi connectivity index (χ0v) is 10.5. The molecule has 100 valence electrons. The molecule has 19 heavy (non-hydrogen) atoms. The maximum absolute atomic E-state index is 11.6. The SMILES string of the molecule is CCOC(=O)c1[nH]nnc1Oc1cccc(O)c1C. The summed E-state index contributed by atoms with van der Waals surface area (Å²) in [6.07, 6.45) is 0. The average Bonchev–Trinajstić information content (AvgIpc) is 2.83. The van der Waals surface area contributed by atoms with Gasteiger partial charge in [0.05, 0.1) is 6.61 Å². The fourth-order valence-electron chi connectivity index (χ4n) is 1.44. The second-order valence-electron chi connectivity index (χ2n) is 3.71. The van der Waals surface area contributed by atoms with Crippen molar-refractivity contribution in [1.29, 1.82) is 0 Å². The van der Waals surface area contributed by atoms with Crippen molar-refractivity contribution in [3.05, 3.63) is 29.5 Å². The number of rotatable bonds is 4. The van der Waals surface area contributed by atoms with Crippen molar-refractivity contribution in [1.82, 2.24) is 15.4 Å². The van der Waals surface area contributed by atoms with Gasteiger partial charge in [-0.05, 0) is 26.0 Å². The maximum Gasteiger partial charge on any atom is 0.362 e. The fourth-order valence-corrected chi connectivity index (χ4v) is 1.44. The number of aromatic hydroxyl groups is 1. The third-order valence-corrected chi connectivity index (χ3v) is 2.46. The molecular weight excluding hydrogens is 250 g/mol. The zero-order valence-electron chi connectivity index (χ0n) is 10.5. The van der Waals surface area contributed by atoms with Crippen LogP contribution in [0, 0.1) is 6.92 Å². The molecule has 0 aliphatic carbocycles. The average molecular weight is 263 g/mol. The second kappa shape index (κ2) is 5.38. The molecule has 7 nitrogen and oxygen atoms in total. The largest absolute Gasteiger partial charge is 0.508 e. The van der Waals surface area contributed by atoms with E-state index < -0.39 is 5.97 Å². The van der Waals surface area contributed by atoms with E-state index in [0.29, 0.717) is 11.3 Å². The summed E-state index contributed by atoms with van der Waals surface area (Å²) in [5.74, 6) is -0.106. The Morgan fingerprint density at radius 3 is 3.00 bits per heavy atom. The van der Waals surface area contributed by atoms with E-state index in [1.165, 1.54) is 6.07 Å². The Morgan fingerprint density at radius 1 is 1.47 bits per heavy atom. The van der Waals surface area contributed by atoms with Crippen molar-refractivity contribution in [2.24, 2.45) is 0 Å². The Labute approximate surface area is 109 Å². The highest BCUT2D eigenvalue weighted by Crippen LogP contribution is 2.30. The number of H-pyrrole nitrogens is 1. The number of esters is 1. The summed E-state index contributed by atoms with van der Waals surface area (Å²) >= 11 is 0. The molecule has 2 rings (SSSR count). The monoisotopic (exact) mass is 263 g/mol. The lowest BCUT2D eigenvalue weighted by Gasteiger charge is -2.08. The standard InChI is InChI=1S/C12H13N3O4/c1-3-18-12(17)10-11(14-15-13-10)19-9-6-4-5-8(16)7(9)2/h4-6,16H,3H2,1-2H3,(H,13,14,15). The lowest BCUT2D eigenvalue weighted by atomic mass is 10.2. The van der Waals surface area contributed by atoms with Gasteiger partial charge in [0.2, 0.25) is 5.69 Å². The summed E-state index contributed by atoms with van der Waals surface area (Å²) < 4.78 is 10.3. The molecule has 0 unspecified atom stereocenters. The Morgan fingerprint density at radius 2 is 2.26 bits per heavy atom. The molecule has 7 heteroatoms. The van der Waals surface area contributed by atoms with E-state index in [0.717, 1.165) is 0 Å². The van der Waals surface area contributed by atoms with Gasteiger partial charge in [0.15, 0.2) is 0 Å². The van der Waals surface area contributed by atoms with Gasteiger partial charge >= 0.3 is 5.97 Å². The van der Waals surface area contributed by atoms with E-state index in [9.17, 15) is 9.90 Å². The number of hydrogen-bond acceptors (Lipinski definition) is 6. The van der Waals surface area contributed by atoms with Crippen LogP contribution in [0.15, 0.2) is 18.2 Å². The van der Waals surface area contributed by atoms with Crippen LogP contribution in [0.25, 0.3) is 0 Å². The number of aromatic amines is 1. The molecule has 0 aliphatic heterocycles. The topological polar surface area (TPSA) is 97.3 Å². The number of nitrogens with one attached hydrogen (secondary N) is 1. The van der Waals surface area contributed by atoms with Crippen LogP contribution in [0.2, 0.25) is 0 Å². The van der Waals surface area contributed by atoms with Crippen molar-refractivity contribution in [3.63, 3.8) is 0 Å². The number of nitrogens with zero attached hydrogens (tertiary/aromatic N) is 2. The van der Waals surface area contributed by atoms with Gasteiger partial charge in [-0.25, -0.2) is 9.89 Å². The first kappa shape index (κ1) is 12.9. The molecule has 1 heterocycles. The van der Waals surface area contributed by atoms with E-state index >= 15 is 0 Å². The van der Waals surface area contributed by atoms with Crippen LogP contribution < -0.4 is 4.74 Å². The maximum atomic E-state index is 11.6. The number of hydrogen-bond donors (Lipinski definition) is 2. The summed E-state index contributed by atoms with van der Waals surface area (Å²) in [6.45, 7) is 3.62. The van der Waals surface area contributed by atoms with E-state index in [4.69, 9.17) is 9.47 Å². The summed E-state index contributed by atoms with van der Waals surface area (Å²) in [6, 6.07) is 4.82. The number of phenols is 1. The molecule has 0 spiro atoms. The molecule has 2 N–H and O–H groups in total. The molecule has 0 atom stereocenters. The molecule has 0 aliphatic rings. The van der Waals surface area contributed by atoms with Crippen LogP contribution in [-0.2, 0) is 4.74 Å². The highest BCUT2D eigenvalue weighted by Gasteiger charge is 2.19. The lowest BCUT2D eigenvalue weighted by molar-refractivity contribution is 0.0516. The van der Waals surface area contributed by atoms with Gasteiger partial charge in [-0.1, -0.05) is 16.4 Å². The summed E-state index contributed by atoms with van der Waals surface area (Å²) in [7, 11) is 0. The van der Waals surface area contributed by atoms with Crippen LogP contribution in [0.4, 0.5) is 0 Å². The van der Waals surface area contributed by atoms with Crippen LogP contribution in [0.1, 0.15) is 23.0 Å². The molecule has 0 saturated carbocycles. The van der Waals surface area contributed by atoms with E-state index in [-0.39, 0.29) is 23.9 Å². The molecule has 1 aromatic carbocycles. The quantitative estimate of drug-likeness (QED) is 0.816. The van der Waals surface area contributed by atoms with Crippen molar-refractivity contribution in [2.45, 2.75) is 13.8 Å². The van der Waals surface area contributed by atoms with Crippen molar-refractivity contribution in [2.75, 3.05) is 6.61 Å². The Hall–Kier alpha value is -2.57. The van der Waals surface area contributed by atoms with Gasteiger partial charge in [0.25, 0.3) is 5.88 Å². The molecule has 1 aromatic heterocycles. The van der Waals surface area contributed by atoms with Gasteiger partial charge in [-0.15, -0.1) is 0 Å². The molecule has 0 bridgehead atoms. The number of carbonyl (C=O) groups is 1. The molecule has 0 saturated heterocycles. The molecule has 0 amide bonds. The van der Waals surface area contributed by atoms with Gasteiger partial charge in [-0.2, -0.15) is 0 Å². The second-order valence-corrected chi connectivity index (χ2v) is 3.71. The Balaban J connectivity index is 2.27. The van der Waals surface area contributed by atoms with E-state index in [2.05, 4.69) is 15.4 Å². The number of ether oxygens (including phenoxy) is 2. The minimum absolute atomic E-state index is 0.00662. The molecule has 0 fully saturated rings. The van der Waals surface area contributed by atoms with Crippen molar-refractivity contribution in [3.8, 4) is 17.4 Å². The molecule has 2 aromatic rings. The number of phenolic OH excluding ortho intramolecular Hbond substituents is 1. The van der Waals surface area contributed by atoms with Crippen LogP contribution >= 0.6 is 0 Å². The van der Waals surface area contributed by atoms with Gasteiger partial charge in [0, 0.05) is 5.56 Å². The predicted octanol–water partition coefficient (Wildman–Crippen LogP) is 1.79. The fraction of sp³-hybridized carbons (Fsp3) is 0.250. The van der Waals surface area contributed by atoms with Crippen molar-refractivity contribution < 1.29 is 19.4 Å². The molecule has 0 radical (unpaired) electrons. The predicted molar refractivity (Wildman–Crippen MR) is 65.3 cm³/mol. The summed E-state index contributed by atoms with van der Waals surface area (Å²) in [5, 5.41) is 19.2.